The lowest BCUT2D eigenvalue weighted by atomic mass is 9.93. The number of hydrogen-bond donors (Lipinski definition) is 2. The largest absolute Gasteiger partial charge is 0.357 e. The molecule has 24 heavy (non-hydrogen) atoms. The van der Waals surface area contributed by atoms with Crippen LogP contribution >= 0.6 is 11.3 Å². The van der Waals surface area contributed by atoms with E-state index in [1.165, 1.54) is 5.56 Å². The number of hydrogen-bond acceptors (Lipinski definition) is 3. The predicted octanol–water partition coefficient (Wildman–Crippen LogP) is 3.74. The van der Waals surface area contributed by atoms with Gasteiger partial charge in [-0.2, -0.15) is 0 Å². The second kappa shape index (κ2) is 8.83. The maximum Gasteiger partial charge on any atom is 0.191 e. The maximum atomic E-state index is 4.70. The molecule has 0 bridgehead atoms. The van der Waals surface area contributed by atoms with Crippen LogP contribution in [0.2, 0.25) is 0 Å². The van der Waals surface area contributed by atoms with Gasteiger partial charge in [0.05, 0.1) is 12.2 Å². The van der Waals surface area contributed by atoms with E-state index in [9.17, 15) is 0 Å². The smallest absolute Gasteiger partial charge is 0.191 e. The predicted molar refractivity (Wildman–Crippen MR) is 104 cm³/mol. The Hall–Kier alpha value is -1.88. The van der Waals surface area contributed by atoms with Crippen molar-refractivity contribution in [3.63, 3.8) is 0 Å². The van der Waals surface area contributed by atoms with Crippen LogP contribution in [0.4, 0.5) is 0 Å². The molecule has 2 aromatic rings. The number of thiazole rings is 1. The van der Waals surface area contributed by atoms with Crippen LogP contribution in [0.1, 0.15) is 44.0 Å². The standard InChI is InChI=1S/C19H28N4S/c1-5-20-18(21-12-11-15-9-7-6-8-10-15)22-13-17-23-16(14-24-17)19(2,3)4/h6-10,14H,5,11-13H2,1-4H3,(H2,20,21,22). The van der Waals surface area contributed by atoms with E-state index in [4.69, 9.17) is 4.98 Å². The summed E-state index contributed by atoms with van der Waals surface area (Å²) in [4.78, 5) is 9.35. The fraction of sp³-hybridized carbons (Fsp3) is 0.474. The van der Waals surface area contributed by atoms with E-state index in [0.717, 1.165) is 36.2 Å². The minimum absolute atomic E-state index is 0.0941. The Morgan fingerprint density at radius 1 is 1.17 bits per heavy atom. The van der Waals surface area contributed by atoms with E-state index in [1.54, 1.807) is 11.3 Å². The summed E-state index contributed by atoms with van der Waals surface area (Å²) in [5.74, 6) is 0.848. The number of aromatic nitrogens is 1. The molecule has 1 heterocycles. The first-order chi connectivity index (χ1) is 11.5. The van der Waals surface area contributed by atoms with Gasteiger partial charge in [0.25, 0.3) is 0 Å². The van der Waals surface area contributed by atoms with Crippen molar-refractivity contribution in [3.8, 4) is 0 Å². The Balaban J connectivity index is 1.89. The van der Waals surface area contributed by atoms with Crippen molar-refractivity contribution in [3.05, 3.63) is 52.0 Å². The monoisotopic (exact) mass is 344 g/mol. The second-order valence-electron chi connectivity index (χ2n) is 6.73. The third-order valence-corrected chi connectivity index (χ3v) is 4.42. The molecule has 0 aliphatic rings. The van der Waals surface area contributed by atoms with Crippen LogP contribution in [-0.4, -0.2) is 24.0 Å². The van der Waals surface area contributed by atoms with Crippen LogP contribution in [0.15, 0.2) is 40.7 Å². The third-order valence-electron chi connectivity index (χ3n) is 3.59. The highest BCUT2D eigenvalue weighted by Crippen LogP contribution is 2.24. The van der Waals surface area contributed by atoms with Gasteiger partial charge in [-0.1, -0.05) is 51.1 Å². The number of nitrogens with zero attached hydrogens (tertiary/aromatic N) is 2. The Morgan fingerprint density at radius 3 is 2.54 bits per heavy atom. The molecule has 0 fully saturated rings. The molecule has 0 spiro atoms. The van der Waals surface area contributed by atoms with Crippen LogP contribution in [0.5, 0.6) is 0 Å². The fourth-order valence-electron chi connectivity index (χ4n) is 2.19. The van der Waals surface area contributed by atoms with Gasteiger partial charge >= 0.3 is 0 Å². The van der Waals surface area contributed by atoms with E-state index in [1.807, 2.05) is 6.07 Å². The van der Waals surface area contributed by atoms with Crippen LogP contribution in [0.25, 0.3) is 0 Å². The Bertz CT molecular complexity index is 641. The van der Waals surface area contributed by atoms with Crippen molar-refractivity contribution >= 4 is 17.3 Å². The van der Waals surface area contributed by atoms with Gasteiger partial charge in [-0.25, -0.2) is 9.98 Å². The molecule has 0 saturated heterocycles. The molecule has 0 saturated carbocycles. The maximum absolute atomic E-state index is 4.70. The van der Waals surface area contributed by atoms with E-state index in [-0.39, 0.29) is 5.41 Å². The highest BCUT2D eigenvalue weighted by atomic mass is 32.1. The van der Waals surface area contributed by atoms with Crippen molar-refractivity contribution in [2.45, 2.75) is 46.1 Å². The fourth-order valence-corrected chi connectivity index (χ4v) is 3.13. The first-order valence-corrected chi connectivity index (χ1v) is 9.38. The molecule has 130 valence electrons. The molecule has 0 aliphatic heterocycles. The molecule has 4 nitrogen and oxygen atoms in total. The molecule has 5 heteroatoms. The van der Waals surface area contributed by atoms with Crippen molar-refractivity contribution < 1.29 is 0 Å². The number of rotatable bonds is 6. The first kappa shape index (κ1) is 18.5. The van der Waals surface area contributed by atoms with Gasteiger partial charge in [-0.3, -0.25) is 0 Å². The Labute approximate surface area is 149 Å². The average Bonchev–Trinajstić information content (AvgIpc) is 3.03. The SMILES string of the molecule is CCNC(=NCc1nc(C(C)(C)C)cs1)NCCc1ccccc1. The molecule has 0 amide bonds. The van der Waals surface area contributed by atoms with Crippen LogP contribution in [0.3, 0.4) is 0 Å². The summed E-state index contributed by atoms with van der Waals surface area (Å²) in [7, 11) is 0. The van der Waals surface area contributed by atoms with Gasteiger partial charge in [-0.15, -0.1) is 11.3 Å². The number of benzene rings is 1. The Kier molecular flexibility index (Phi) is 6.79. The Morgan fingerprint density at radius 2 is 1.92 bits per heavy atom. The average molecular weight is 345 g/mol. The molecule has 2 N–H and O–H groups in total. The lowest BCUT2D eigenvalue weighted by molar-refractivity contribution is 0.571. The van der Waals surface area contributed by atoms with Crippen molar-refractivity contribution in [1.29, 1.82) is 0 Å². The second-order valence-corrected chi connectivity index (χ2v) is 7.68. The van der Waals surface area contributed by atoms with E-state index >= 15 is 0 Å². The van der Waals surface area contributed by atoms with Crippen LogP contribution in [0, 0.1) is 0 Å². The molecule has 1 aromatic carbocycles. The summed E-state index contributed by atoms with van der Waals surface area (Å²) in [5.41, 5.74) is 2.56. The van der Waals surface area contributed by atoms with Gasteiger partial charge < -0.3 is 10.6 Å². The van der Waals surface area contributed by atoms with Gasteiger partial charge in [0.1, 0.15) is 5.01 Å². The number of aliphatic imine (C=N–C) groups is 1. The molecular weight excluding hydrogens is 316 g/mol. The molecular formula is C19H28N4S. The van der Waals surface area contributed by atoms with Gasteiger partial charge in [0, 0.05) is 23.9 Å². The molecule has 2 rings (SSSR count). The summed E-state index contributed by atoms with van der Waals surface area (Å²) >= 11 is 1.68. The lowest BCUT2D eigenvalue weighted by Gasteiger charge is -2.14. The first-order valence-electron chi connectivity index (χ1n) is 8.50. The molecule has 0 aliphatic carbocycles. The molecule has 0 atom stereocenters. The third kappa shape index (κ3) is 5.96. The highest BCUT2D eigenvalue weighted by Gasteiger charge is 2.17. The lowest BCUT2D eigenvalue weighted by Crippen LogP contribution is -2.38. The van der Waals surface area contributed by atoms with Crippen molar-refractivity contribution in [1.82, 2.24) is 15.6 Å². The van der Waals surface area contributed by atoms with Gasteiger partial charge in [-0.05, 0) is 18.9 Å². The van der Waals surface area contributed by atoms with Crippen molar-refractivity contribution in [2.24, 2.45) is 4.99 Å². The van der Waals surface area contributed by atoms with Crippen LogP contribution in [-0.2, 0) is 18.4 Å². The molecule has 0 unspecified atom stereocenters. The number of guanidine groups is 1. The summed E-state index contributed by atoms with van der Waals surface area (Å²) in [6.45, 7) is 11.0. The van der Waals surface area contributed by atoms with E-state index < -0.39 is 0 Å². The zero-order chi connectivity index (χ0) is 17.4. The zero-order valence-electron chi connectivity index (χ0n) is 15.1. The summed E-state index contributed by atoms with van der Waals surface area (Å²) in [6, 6.07) is 10.5. The van der Waals surface area contributed by atoms with E-state index in [2.05, 4.69) is 73.0 Å². The number of nitrogens with one attached hydrogen (secondary N) is 2. The van der Waals surface area contributed by atoms with E-state index in [0.29, 0.717) is 6.54 Å². The minimum atomic E-state index is 0.0941. The van der Waals surface area contributed by atoms with Crippen molar-refractivity contribution in [2.75, 3.05) is 13.1 Å². The summed E-state index contributed by atoms with van der Waals surface area (Å²) in [5, 5.41) is 9.88. The normalized spacial score (nSPS) is 12.2. The highest BCUT2D eigenvalue weighted by molar-refractivity contribution is 7.09. The van der Waals surface area contributed by atoms with Gasteiger partial charge in [0.2, 0.25) is 0 Å². The minimum Gasteiger partial charge on any atom is -0.357 e. The van der Waals surface area contributed by atoms with Crippen LogP contribution < -0.4 is 10.6 Å². The zero-order valence-corrected chi connectivity index (χ0v) is 15.9. The summed E-state index contributed by atoms with van der Waals surface area (Å²) in [6.07, 6.45) is 0.983. The quantitative estimate of drug-likeness (QED) is 0.620. The topological polar surface area (TPSA) is 49.3 Å². The molecule has 0 radical (unpaired) electrons. The molecule has 1 aromatic heterocycles. The van der Waals surface area contributed by atoms with Gasteiger partial charge in [0.15, 0.2) is 5.96 Å². The summed E-state index contributed by atoms with van der Waals surface area (Å²) < 4.78 is 0.